The Labute approximate surface area is 202 Å². The normalized spacial score (nSPS) is 14.5. The van der Waals surface area contributed by atoms with E-state index in [1.54, 1.807) is 25.1 Å². The van der Waals surface area contributed by atoms with Gasteiger partial charge in [0.15, 0.2) is 0 Å². The maximum atomic E-state index is 14.0. The molecule has 0 saturated carbocycles. The standard InChI is InChI=1S/C24H19ClF3N5O2/c1-12(21-31-17-4-3-14(25)11-18(17)32-21)30-22(34)13-2-5-20(16(10-13)24(26,27)28)33-9-7-15-19(33)6-8-29-23(15)35/h2-5,7,9-12H,6,8H2,1H3,(H,29,35)(H,30,34)(H,31,32)/t12-/m0/s1. The summed E-state index contributed by atoms with van der Waals surface area (Å²) in [5.74, 6) is -0.557. The number of rotatable bonds is 4. The summed E-state index contributed by atoms with van der Waals surface area (Å²) < 4.78 is 43.4. The van der Waals surface area contributed by atoms with Crippen LogP contribution < -0.4 is 10.6 Å². The Hall–Kier alpha value is -3.79. The predicted molar refractivity (Wildman–Crippen MR) is 124 cm³/mol. The van der Waals surface area contributed by atoms with Gasteiger partial charge in [0, 0.05) is 35.4 Å². The summed E-state index contributed by atoms with van der Waals surface area (Å²) in [6.07, 6.45) is -2.88. The van der Waals surface area contributed by atoms with Crippen LogP contribution in [-0.2, 0) is 12.6 Å². The molecule has 5 rings (SSSR count). The monoisotopic (exact) mass is 501 g/mol. The van der Waals surface area contributed by atoms with Crippen molar-refractivity contribution in [3.63, 3.8) is 0 Å². The summed E-state index contributed by atoms with van der Waals surface area (Å²) in [5.41, 5.74) is 0.903. The van der Waals surface area contributed by atoms with Crippen LogP contribution in [0.3, 0.4) is 0 Å². The molecule has 2 aromatic heterocycles. The number of alkyl halides is 3. The number of H-pyrrole nitrogens is 1. The first-order valence-electron chi connectivity index (χ1n) is 10.8. The summed E-state index contributed by atoms with van der Waals surface area (Å²) >= 11 is 5.99. The van der Waals surface area contributed by atoms with Crippen molar-refractivity contribution >= 4 is 34.4 Å². The first-order chi connectivity index (χ1) is 16.6. The van der Waals surface area contributed by atoms with Gasteiger partial charge in [-0.05, 0) is 49.4 Å². The van der Waals surface area contributed by atoms with Crippen molar-refractivity contribution < 1.29 is 22.8 Å². The molecule has 180 valence electrons. The van der Waals surface area contributed by atoms with Crippen LogP contribution in [0.15, 0.2) is 48.7 Å². The van der Waals surface area contributed by atoms with Crippen LogP contribution in [-0.4, -0.2) is 32.9 Å². The molecule has 4 aromatic rings. The van der Waals surface area contributed by atoms with Crippen molar-refractivity contribution in [1.82, 2.24) is 25.2 Å². The molecule has 11 heteroatoms. The van der Waals surface area contributed by atoms with Gasteiger partial charge in [-0.15, -0.1) is 0 Å². The van der Waals surface area contributed by atoms with Crippen molar-refractivity contribution in [1.29, 1.82) is 0 Å². The lowest BCUT2D eigenvalue weighted by molar-refractivity contribution is -0.137. The average Bonchev–Trinajstić information content (AvgIpc) is 3.43. The highest BCUT2D eigenvalue weighted by Gasteiger charge is 2.36. The van der Waals surface area contributed by atoms with Crippen molar-refractivity contribution in [3.8, 4) is 5.69 Å². The zero-order valence-corrected chi connectivity index (χ0v) is 19.1. The van der Waals surface area contributed by atoms with E-state index in [2.05, 4.69) is 20.6 Å². The fourth-order valence-corrected chi connectivity index (χ4v) is 4.38. The molecule has 35 heavy (non-hydrogen) atoms. The van der Waals surface area contributed by atoms with E-state index >= 15 is 0 Å². The Morgan fingerprint density at radius 2 is 2.00 bits per heavy atom. The lowest BCUT2D eigenvalue weighted by Gasteiger charge is -2.20. The Balaban J connectivity index is 1.45. The fraction of sp³-hybridized carbons (Fsp3) is 0.208. The van der Waals surface area contributed by atoms with E-state index < -0.39 is 23.7 Å². The van der Waals surface area contributed by atoms with Crippen LogP contribution in [0.25, 0.3) is 16.7 Å². The Morgan fingerprint density at radius 3 is 2.77 bits per heavy atom. The molecule has 3 N–H and O–H groups in total. The predicted octanol–water partition coefficient (Wildman–Crippen LogP) is 4.80. The van der Waals surface area contributed by atoms with E-state index in [1.807, 2.05) is 0 Å². The van der Waals surface area contributed by atoms with Crippen LogP contribution in [0.1, 0.15) is 50.8 Å². The summed E-state index contributed by atoms with van der Waals surface area (Å²) in [6.45, 7) is 2.01. The van der Waals surface area contributed by atoms with E-state index in [0.29, 0.717) is 46.1 Å². The highest BCUT2D eigenvalue weighted by Crippen LogP contribution is 2.36. The molecule has 0 bridgehead atoms. The van der Waals surface area contributed by atoms with Crippen LogP contribution >= 0.6 is 11.6 Å². The van der Waals surface area contributed by atoms with Gasteiger partial charge >= 0.3 is 6.18 Å². The average molecular weight is 502 g/mol. The molecule has 2 aromatic carbocycles. The summed E-state index contributed by atoms with van der Waals surface area (Å²) in [7, 11) is 0. The highest BCUT2D eigenvalue weighted by atomic mass is 35.5. The topological polar surface area (TPSA) is 91.8 Å². The fourth-order valence-electron chi connectivity index (χ4n) is 4.21. The van der Waals surface area contributed by atoms with Crippen molar-refractivity contribution in [2.75, 3.05) is 6.54 Å². The molecule has 2 amide bonds. The van der Waals surface area contributed by atoms with Crippen LogP contribution in [0.4, 0.5) is 13.2 Å². The second-order valence-corrected chi connectivity index (χ2v) is 8.70. The SMILES string of the molecule is C[C@H](NC(=O)c1ccc(-n2ccc3c2CCNC3=O)c(C(F)(F)F)c1)c1nc2ccc(Cl)cc2[nH]1. The smallest absolute Gasteiger partial charge is 0.352 e. The number of nitrogens with one attached hydrogen (secondary N) is 3. The molecule has 0 fully saturated rings. The molecular formula is C24H19ClF3N5O2. The van der Waals surface area contributed by atoms with Gasteiger partial charge in [0.05, 0.1) is 33.9 Å². The number of benzene rings is 2. The van der Waals surface area contributed by atoms with Gasteiger partial charge < -0.3 is 20.2 Å². The number of halogens is 4. The minimum absolute atomic E-state index is 0.146. The minimum Gasteiger partial charge on any atom is -0.352 e. The molecule has 1 aliphatic rings. The molecule has 1 atom stereocenters. The van der Waals surface area contributed by atoms with Gasteiger partial charge in [-0.25, -0.2) is 4.98 Å². The van der Waals surface area contributed by atoms with E-state index in [4.69, 9.17) is 11.6 Å². The molecule has 0 saturated heterocycles. The quantitative estimate of drug-likeness (QED) is 0.375. The maximum absolute atomic E-state index is 14.0. The minimum atomic E-state index is -4.72. The molecule has 0 aliphatic carbocycles. The first kappa shape index (κ1) is 23.0. The van der Waals surface area contributed by atoms with Gasteiger partial charge in [0.2, 0.25) is 0 Å². The maximum Gasteiger partial charge on any atom is 0.418 e. The van der Waals surface area contributed by atoms with Crippen LogP contribution in [0, 0.1) is 0 Å². The number of aromatic amines is 1. The highest BCUT2D eigenvalue weighted by molar-refractivity contribution is 6.31. The zero-order valence-electron chi connectivity index (χ0n) is 18.3. The van der Waals surface area contributed by atoms with Gasteiger partial charge in [-0.1, -0.05) is 11.6 Å². The molecule has 0 unspecified atom stereocenters. The van der Waals surface area contributed by atoms with E-state index in [9.17, 15) is 22.8 Å². The summed E-state index contributed by atoms with van der Waals surface area (Å²) in [6, 6.07) is 9.41. The molecule has 7 nitrogen and oxygen atoms in total. The summed E-state index contributed by atoms with van der Waals surface area (Å²) in [5, 5.41) is 5.88. The van der Waals surface area contributed by atoms with Gasteiger partial charge in [0.25, 0.3) is 11.8 Å². The van der Waals surface area contributed by atoms with Crippen LogP contribution in [0.2, 0.25) is 5.02 Å². The molecule has 0 spiro atoms. The van der Waals surface area contributed by atoms with Gasteiger partial charge in [-0.3, -0.25) is 9.59 Å². The number of fused-ring (bicyclic) bond motifs is 2. The number of hydrogen-bond donors (Lipinski definition) is 3. The van der Waals surface area contributed by atoms with E-state index in [1.165, 1.54) is 29.0 Å². The number of carbonyl (C=O) groups excluding carboxylic acids is 2. The van der Waals surface area contributed by atoms with Gasteiger partial charge in [-0.2, -0.15) is 13.2 Å². The third-order valence-electron chi connectivity index (χ3n) is 5.93. The Bertz CT molecular complexity index is 1470. The molecule has 3 heterocycles. The second-order valence-electron chi connectivity index (χ2n) is 8.26. The lowest BCUT2D eigenvalue weighted by Crippen LogP contribution is -2.32. The number of aromatic nitrogens is 3. The zero-order chi connectivity index (χ0) is 24.9. The Morgan fingerprint density at radius 1 is 1.20 bits per heavy atom. The van der Waals surface area contributed by atoms with Crippen molar-refractivity contribution in [2.45, 2.75) is 25.6 Å². The van der Waals surface area contributed by atoms with Crippen molar-refractivity contribution in [2.24, 2.45) is 0 Å². The molecular weight excluding hydrogens is 483 g/mol. The number of hydrogen-bond acceptors (Lipinski definition) is 3. The van der Waals surface area contributed by atoms with E-state index in [0.717, 1.165) is 6.07 Å². The number of carbonyl (C=O) groups is 2. The van der Waals surface area contributed by atoms with Crippen LogP contribution in [0.5, 0.6) is 0 Å². The van der Waals surface area contributed by atoms with E-state index in [-0.39, 0.29) is 17.2 Å². The van der Waals surface area contributed by atoms with Gasteiger partial charge in [0.1, 0.15) is 5.82 Å². The summed E-state index contributed by atoms with van der Waals surface area (Å²) in [4.78, 5) is 32.4. The van der Waals surface area contributed by atoms with Crippen molar-refractivity contribution in [3.05, 3.63) is 81.9 Å². The number of nitrogens with zero attached hydrogens (tertiary/aromatic N) is 2. The second kappa shape index (κ2) is 8.46. The first-order valence-corrected chi connectivity index (χ1v) is 11.2. The largest absolute Gasteiger partial charge is 0.418 e. The number of amides is 2. The molecule has 0 radical (unpaired) electrons. The third-order valence-corrected chi connectivity index (χ3v) is 6.16. The Kier molecular flexibility index (Phi) is 5.55. The number of imidazole rings is 1. The molecule has 1 aliphatic heterocycles. The lowest BCUT2D eigenvalue weighted by atomic mass is 10.1. The third kappa shape index (κ3) is 4.25.